The summed E-state index contributed by atoms with van der Waals surface area (Å²) in [5.74, 6) is -0.706. The number of benzene rings is 2. The van der Waals surface area contributed by atoms with E-state index in [1.165, 1.54) is 17.7 Å². The molecule has 0 bridgehead atoms. The number of hydrogen-bond donors (Lipinski definition) is 1. The Hall–Kier alpha value is -3.17. The van der Waals surface area contributed by atoms with Crippen molar-refractivity contribution in [1.82, 2.24) is 9.55 Å². The molecule has 0 radical (unpaired) electrons. The molecular weight excluding hydrogens is 451 g/mol. The minimum Gasteiger partial charge on any atom is -0.323 e. The predicted molar refractivity (Wildman–Crippen MR) is 114 cm³/mol. The first-order valence-electron chi connectivity index (χ1n) is 8.93. The normalized spacial score (nSPS) is 11.6. The molecule has 2 aromatic carbocycles. The third-order valence-electron chi connectivity index (χ3n) is 4.46. The summed E-state index contributed by atoms with van der Waals surface area (Å²) >= 11 is 7.25. The Balaban J connectivity index is 1.58. The monoisotopic (exact) mass is 463 g/mol. The summed E-state index contributed by atoms with van der Waals surface area (Å²) in [4.78, 5) is 30.8. The van der Waals surface area contributed by atoms with Gasteiger partial charge in [0.25, 0.3) is 5.56 Å². The molecule has 0 aliphatic carbocycles. The van der Waals surface area contributed by atoms with Gasteiger partial charge in [0.1, 0.15) is 11.4 Å². The van der Waals surface area contributed by atoms with Crippen LogP contribution in [0.2, 0.25) is 5.02 Å². The van der Waals surface area contributed by atoms with E-state index in [4.69, 9.17) is 11.6 Å². The number of carbonyl (C=O) groups excluding carboxylic acids is 1. The van der Waals surface area contributed by atoms with Crippen LogP contribution in [0.3, 0.4) is 0 Å². The molecule has 0 spiro atoms. The largest absolute Gasteiger partial charge is 0.416 e. The maximum absolute atomic E-state index is 12.9. The van der Waals surface area contributed by atoms with E-state index in [1.807, 2.05) is 30.3 Å². The van der Waals surface area contributed by atoms with Gasteiger partial charge in [0.15, 0.2) is 0 Å². The van der Waals surface area contributed by atoms with Crippen LogP contribution in [0.1, 0.15) is 5.56 Å². The van der Waals surface area contributed by atoms with Crippen LogP contribution in [0.5, 0.6) is 0 Å². The summed E-state index contributed by atoms with van der Waals surface area (Å²) in [6, 6.07) is 13.8. The van der Waals surface area contributed by atoms with Gasteiger partial charge in [0, 0.05) is 4.88 Å². The van der Waals surface area contributed by atoms with Gasteiger partial charge in [0.2, 0.25) is 5.91 Å². The topological polar surface area (TPSA) is 64.0 Å². The smallest absolute Gasteiger partial charge is 0.323 e. The van der Waals surface area contributed by atoms with Gasteiger partial charge in [-0.3, -0.25) is 14.2 Å². The van der Waals surface area contributed by atoms with Gasteiger partial charge in [-0.2, -0.15) is 13.2 Å². The molecule has 2 heterocycles. The van der Waals surface area contributed by atoms with Gasteiger partial charge in [-0.25, -0.2) is 4.98 Å². The van der Waals surface area contributed by atoms with Crippen LogP contribution in [-0.4, -0.2) is 15.5 Å². The second-order valence-electron chi connectivity index (χ2n) is 6.61. The molecule has 1 N–H and O–H groups in total. The minimum absolute atomic E-state index is 0.0485. The van der Waals surface area contributed by atoms with Crippen LogP contribution >= 0.6 is 22.9 Å². The van der Waals surface area contributed by atoms with Crippen LogP contribution in [-0.2, 0) is 17.5 Å². The van der Waals surface area contributed by atoms with E-state index in [0.717, 1.165) is 33.2 Å². The van der Waals surface area contributed by atoms with Crippen LogP contribution in [0, 0.1) is 0 Å². The fraction of sp³-hybridized carbons (Fsp3) is 0.0952. The van der Waals surface area contributed by atoms with Crippen molar-refractivity contribution in [3.05, 3.63) is 81.9 Å². The molecule has 0 atom stereocenters. The van der Waals surface area contributed by atoms with Crippen molar-refractivity contribution in [1.29, 1.82) is 0 Å². The summed E-state index contributed by atoms with van der Waals surface area (Å²) in [5, 5.41) is 2.63. The van der Waals surface area contributed by atoms with Crippen molar-refractivity contribution in [2.75, 3.05) is 5.32 Å². The summed E-state index contributed by atoms with van der Waals surface area (Å²) in [5.41, 5.74) is -0.619. The fourth-order valence-electron chi connectivity index (χ4n) is 2.96. The molecule has 0 saturated heterocycles. The Morgan fingerprint density at radius 1 is 1.13 bits per heavy atom. The van der Waals surface area contributed by atoms with Crippen molar-refractivity contribution in [3.63, 3.8) is 0 Å². The lowest BCUT2D eigenvalue weighted by molar-refractivity contribution is -0.137. The van der Waals surface area contributed by atoms with Crippen LogP contribution in [0.15, 0.2) is 65.7 Å². The van der Waals surface area contributed by atoms with E-state index in [2.05, 4.69) is 10.3 Å². The number of nitrogens with zero attached hydrogens (tertiary/aromatic N) is 2. The number of nitrogens with one attached hydrogen (secondary N) is 1. The van der Waals surface area contributed by atoms with E-state index in [1.54, 1.807) is 6.07 Å². The Morgan fingerprint density at radius 2 is 1.87 bits per heavy atom. The SMILES string of the molecule is O=C(Cn1cnc2sc(-c3ccccc3)cc2c1=O)Nc1cc(C(F)(F)F)ccc1Cl. The summed E-state index contributed by atoms with van der Waals surface area (Å²) < 4.78 is 39.8. The highest BCUT2D eigenvalue weighted by Crippen LogP contribution is 2.34. The van der Waals surface area contributed by atoms with Gasteiger partial charge in [-0.05, 0) is 29.8 Å². The number of anilines is 1. The van der Waals surface area contributed by atoms with Gasteiger partial charge in [-0.15, -0.1) is 11.3 Å². The number of carbonyl (C=O) groups is 1. The highest BCUT2D eigenvalue weighted by atomic mass is 35.5. The lowest BCUT2D eigenvalue weighted by Crippen LogP contribution is -2.27. The standard InChI is InChI=1S/C21H13ClF3N3O2S/c22-15-7-6-13(21(23,24)25)8-16(15)27-18(29)10-28-11-26-19-14(20(28)30)9-17(31-19)12-4-2-1-3-5-12/h1-9,11H,10H2,(H,27,29). The second kappa shape index (κ2) is 8.16. The van der Waals surface area contributed by atoms with Gasteiger partial charge >= 0.3 is 6.18 Å². The molecule has 0 aliphatic heterocycles. The first kappa shape index (κ1) is 21.1. The highest BCUT2D eigenvalue weighted by molar-refractivity contribution is 7.21. The third kappa shape index (κ3) is 4.47. The molecular formula is C21H13ClF3N3O2S. The number of amides is 1. The van der Waals surface area contributed by atoms with Gasteiger partial charge < -0.3 is 5.32 Å². The van der Waals surface area contributed by atoms with Crippen molar-refractivity contribution < 1.29 is 18.0 Å². The molecule has 4 rings (SSSR count). The molecule has 1 amide bonds. The second-order valence-corrected chi connectivity index (χ2v) is 8.05. The maximum atomic E-state index is 12.9. The summed E-state index contributed by atoms with van der Waals surface area (Å²) in [6.07, 6.45) is -3.34. The van der Waals surface area contributed by atoms with E-state index in [0.29, 0.717) is 10.2 Å². The van der Waals surface area contributed by atoms with Crippen LogP contribution in [0.4, 0.5) is 18.9 Å². The molecule has 158 valence electrons. The molecule has 0 unspecified atom stereocenters. The predicted octanol–water partition coefficient (Wildman–Crippen LogP) is 5.44. The Bertz CT molecular complexity index is 1330. The number of rotatable bonds is 4. The minimum atomic E-state index is -4.58. The molecule has 0 fully saturated rings. The zero-order valence-electron chi connectivity index (χ0n) is 15.6. The van der Waals surface area contributed by atoms with E-state index in [-0.39, 0.29) is 10.7 Å². The number of fused-ring (bicyclic) bond motifs is 1. The first-order valence-corrected chi connectivity index (χ1v) is 10.1. The maximum Gasteiger partial charge on any atom is 0.416 e. The Morgan fingerprint density at radius 3 is 2.58 bits per heavy atom. The molecule has 0 saturated carbocycles. The fourth-order valence-corrected chi connectivity index (χ4v) is 4.12. The number of alkyl halides is 3. The summed E-state index contributed by atoms with van der Waals surface area (Å²) in [7, 11) is 0. The lowest BCUT2D eigenvalue weighted by Gasteiger charge is -2.12. The van der Waals surface area contributed by atoms with Crippen molar-refractivity contribution in [2.45, 2.75) is 12.7 Å². The highest BCUT2D eigenvalue weighted by Gasteiger charge is 2.31. The number of aromatic nitrogens is 2. The van der Waals surface area contributed by atoms with Gasteiger partial charge in [0.05, 0.1) is 28.0 Å². The first-order chi connectivity index (χ1) is 14.7. The average Bonchev–Trinajstić information content (AvgIpc) is 3.17. The molecule has 0 aliphatic rings. The van der Waals surface area contributed by atoms with Crippen molar-refractivity contribution >= 4 is 44.7 Å². The average molecular weight is 464 g/mol. The molecule has 10 heteroatoms. The molecule has 31 heavy (non-hydrogen) atoms. The summed E-state index contributed by atoms with van der Waals surface area (Å²) in [6.45, 7) is -0.426. The molecule has 4 aromatic rings. The zero-order chi connectivity index (χ0) is 22.2. The van der Waals surface area contributed by atoms with Crippen molar-refractivity contribution in [2.24, 2.45) is 0 Å². The van der Waals surface area contributed by atoms with E-state index in [9.17, 15) is 22.8 Å². The number of thiophene rings is 1. The lowest BCUT2D eigenvalue weighted by atomic mass is 10.2. The molecule has 2 aromatic heterocycles. The number of hydrogen-bond acceptors (Lipinski definition) is 4. The van der Waals surface area contributed by atoms with E-state index < -0.39 is 29.8 Å². The Labute approximate surface area is 182 Å². The molecule has 5 nitrogen and oxygen atoms in total. The van der Waals surface area contributed by atoms with Crippen LogP contribution in [0.25, 0.3) is 20.7 Å². The third-order valence-corrected chi connectivity index (χ3v) is 5.88. The number of halogens is 4. The van der Waals surface area contributed by atoms with E-state index >= 15 is 0 Å². The van der Waals surface area contributed by atoms with Crippen molar-refractivity contribution in [3.8, 4) is 10.4 Å². The quantitative estimate of drug-likeness (QED) is 0.438. The zero-order valence-corrected chi connectivity index (χ0v) is 17.2. The van der Waals surface area contributed by atoms with Gasteiger partial charge in [-0.1, -0.05) is 41.9 Å². The Kier molecular flexibility index (Phi) is 5.55. The van der Waals surface area contributed by atoms with Crippen LogP contribution < -0.4 is 10.9 Å².